The molecule has 0 unspecified atom stereocenters. The van der Waals surface area contributed by atoms with Crippen LogP contribution in [0.1, 0.15) is 0 Å². The Morgan fingerprint density at radius 3 is 2.53 bits per heavy atom. The molecule has 1 heterocycles. The van der Waals surface area contributed by atoms with Crippen LogP contribution in [0.5, 0.6) is 0 Å². The third-order valence-electron chi connectivity index (χ3n) is 2.87. The summed E-state index contributed by atoms with van der Waals surface area (Å²) in [6, 6.07) is 16.4. The normalized spacial score (nSPS) is 10.9. The average molecular weight is 287 g/mol. The predicted molar refractivity (Wildman–Crippen MR) is 73.9 cm³/mol. The van der Waals surface area contributed by atoms with Gasteiger partial charge in [0.2, 0.25) is 0 Å². The van der Waals surface area contributed by atoms with E-state index in [1.165, 1.54) is 10.9 Å². The second kappa shape index (κ2) is 4.00. The van der Waals surface area contributed by atoms with Crippen LogP contribution < -0.4 is 0 Å². The van der Waals surface area contributed by atoms with Crippen LogP contribution in [0.3, 0.4) is 0 Å². The molecule has 0 saturated heterocycles. The quantitative estimate of drug-likeness (QED) is 0.661. The predicted octanol–water partition coefficient (Wildman–Crippen LogP) is 4.00. The Balaban J connectivity index is 2.38. The van der Waals surface area contributed by atoms with Crippen LogP contribution in [0.15, 0.2) is 53.0 Å². The van der Waals surface area contributed by atoms with Crippen LogP contribution in [0.4, 0.5) is 0 Å². The van der Waals surface area contributed by atoms with Gasteiger partial charge in [-0.2, -0.15) is 5.10 Å². The lowest BCUT2D eigenvalue weighted by Crippen LogP contribution is -1.93. The zero-order valence-electron chi connectivity index (χ0n) is 9.39. The van der Waals surface area contributed by atoms with Gasteiger partial charge in [0, 0.05) is 22.5 Å². The van der Waals surface area contributed by atoms with Crippen molar-refractivity contribution in [1.29, 1.82) is 0 Å². The molecule has 0 aliphatic heterocycles. The van der Waals surface area contributed by atoms with Gasteiger partial charge in [0.15, 0.2) is 0 Å². The van der Waals surface area contributed by atoms with Crippen LogP contribution in [0.2, 0.25) is 0 Å². The lowest BCUT2D eigenvalue weighted by molar-refractivity contribution is 0.787. The summed E-state index contributed by atoms with van der Waals surface area (Å²) < 4.78 is 3.03. The highest BCUT2D eigenvalue weighted by Gasteiger charge is 2.12. The Labute approximate surface area is 108 Å². The third kappa shape index (κ3) is 1.67. The van der Waals surface area contributed by atoms with Crippen molar-refractivity contribution in [2.45, 2.75) is 0 Å². The first-order chi connectivity index (χ1) is 8.27. The van der Waals surface area contributed by atoms with E-state index >= 15 is 0 Å². The van der Waals surface area contributed by atoms with E-state index < -0.39 is 0 Å². The molecule has 0 saturated carbocycles. The summed E-state index contributed by atoms with van der Waals surface area (Å²) in [5.41, 5.74) is 3.34. The Kier molecular flexibility index (Phi) is 2.48. The molecule has 17 heavy (non-hydrogen) atoms. The number of rotatable bonds is 1. The van der Waals surface area contributed by atoms with Crippen LogP contribution >= 0.6 is 15.9 Å². The molecule has 0 bridgehead atoms. The third-order valence-corrected chi connectivity index (χ3v) is 3.56. The smallest absolute Gasteiger partial charge is 0.0929 e. The van der Waals surface area contributed by atoms with E-state index in [0.717, 1.165) is 15.7 Å². The molecular weight excluding hydrogens is 276 g/mol. The zero-order valence-corrected chi connectivity index (χ0v) is 11.0. The lowest BCUT2D eigenvalue weighted by Gasteiger charge is -2.05. The fourth-order valence-electron chi connectivity index (χ4n) is 2.12. The van der Waals surface area contributed by atoms with Crippen molar-refractivity contribution < 1.29 is 0 Å². The highest BCUT2D eigenvalue weighted by atomic mass is 79.9. The summed E-state index contributed by atoms with van der Waals surface area (Å²) in [5.74, 6) is 0. The molecular formula is C14H11BrN2. The van der Waals surface area contributed by atoms with E-state index in [9.17, 15) is 0 Å². The molecule has 0 atom stereocenters. The van der Waals surface area contributed by atoms with Crippen LogP contribution in [-0.4, -0.2) is 9.78 Å². The van der Waals surface area contributed by atoms with E-state index in [1.807, 2.05) is 42.1 Å². The number of hydrogen-bond donors (Lipinski definition) is 0. The summed E-state index contributed by atoms with van der Waals surface area (Å²) in [6.45, 7) is 0. The molecule has 2 aromatic carbocycles. The van der Waals surface area contributed by atoms with Gasteiger partial charge in [-0.05, 0) is 12.1 Å². The maximum Gasteiger partial charge on any atom is 0.0929 e. The Morgan fingerprint density at radius 1 is 1.00 bits per heavy atom. The van der Waals surface area contributed by atoms with Gasteiger partial charge in [0.1, 0.15) is 0 Å². The first-order valence-electron chi connectivity index (χ1n) is 5.44. The van der Waals surface area contributed by atoms with Crippen molar-refractivity contribution >= 4 is 26.8 Å². The van der Waals surface area contributed by atoms with Crippen molar-refractivity contribution in [2.75, 3.05) is 0 Å². The van der Waals surface area contributed by atoms with Gasteiger partial charge >= 0.3 is 0 Å². The van der Waals surface area contributed by atoms with Gasteiger partial charge in [-0.3, -0.25) is 4.68 Å². The molecule has 0 N–H and O–H groups in total. The Hall–Kier alpha value is -1.61. The fraction of sp³-hybridized carbons (Fsp3) is 0.0714. The number of fused-ring (bicyclic) bond motifs is 1. The fourth-order valence-corrected chi connectivity index (χ4v) is 2.59. The molecule has 0 amide bonds. The Morgan fingerprint density at radius 2 is 1.71 bits per heavy atom. The molecule has 2 nitrogen and oxygen atoms in total. The van der Waals surface area contributed by atoms with E-state index in [1.54, 1.807) is 0 Å². The number of aromatic nitrogens is 2. The molecule has 3 aromatic rings. The molecule has 84 valence electrons. The van der Waals surface area contributed by atoms with Gasteiger partial charge in [0.05, 0.1) is 11.2 Å². The van der Waals surface area contributed by atoms with E-state index in [0.29, 0.717) is 0 Å². The molecule has 0 radical (unpaired) electrons. The second-order valence-corrected chi connectivity index (χ2v) is 4.82. The molecule has 0 spiro atoms. The minimum Gasteiger partial charge on any atom is -0.267 e. The maximum absolute atomic E-state index is 4.53. The summed E-state index contributed by atoms with van der Waals surface area (Å²) in [5, 5.41) is 5.71. The monoisotopic (exact) mass is 286 g/mol. The first kappa shape index (κ1) is 10.5. The van der Waals surface area contributed by atoms with Gasteiger partial charge < -0.3 is 0 Å². The highest BCUT2D eigenvalue weighted by Crippen LogP contribution is 2.32. The van der Waals surface area contributed by atoms with Crippen molar-refractivity contribution in [1.82, 2.24) is 9.78 Å². The van der Waals surface area contributed by atoms with Crippen molar-refractivity contribution in [3.8, 4) is 11.3 Å². The van der Waals surface area contributed by atoms with Crippen LogP contribution in [-0.2, 0) is 7.05 Å². The number of benzene rings is 2. The summed E-state index contributed by atoms with van der Waals surface area (Å²) >= 11 is 3.60. The van der Waals surface area contributed by atoms with Gasteiger partial charge in [-0.1, -0.05) is 52.3 Å². The summed E-state index contributed by atoms with van der Waals surface area (Å²) in [7, 11) is 1.98. The van der Waals surface area contributed by atoms with Gasteiger partial charge in [-0.15, -0.1) is 0 Å². The standard InChI is InChI=1S/C14H11BrN2/c1-17-14(10-6-2-4-8-12(10)15)11-7-3-5-9-13(11)16-17/h2-9H,1H3. The van der Waals surface area contributed by atoms with Gasteiger partial charge in [0.25, 0.3) is 0 Å². The minimum atomic E-state index is 1.03. The second-order valence-electron chi connectivity index (χ2n) is 3.97. The molecule has 3 heteroatoms. The molecule has 0 aliphatic rings. The number of halogens is 1. The van der Waals surface area contributed by atoms with Crippen LogP contribution in [0.25, 0.3) is 22.2 Å². The molecule has 1 aromatic heterocycles. The minimum absolute atomic E-state index is 1.03. The van der Waals surface area contributed by atoms with Gasteiger partial charge in [-0.25, -0.2) is 0 Å². The van der Waals surface area contributed by atoms with E-state index in [4.69, 9.17) is 0 Å². The van der Waals surface area contributed by atoms with Crippen LogP contribution in [0, 0.1) is 0 Å². The number of nitrogens with zero attached hydrogens (tertiary/aromatic N) is 2. The van der Waals surface area contributed by atoms with E-state index in [-0.39, 0.29) is 0 Å². The van der Waals surface area contributed by atoms with E-state index in [2.05, 4.69) is 39.2 Å². The Bertz CT molecular complexity index is 686. The summed E-state index contributed by atoms with van der Waals surface area (Å²) in [6.07, 6.45) is 0. The topological polar surface area (TPSA) is 17.8 Å². The molecule has 0 aliphatic carbocycles. The zero-order chi connectivity index (χ0) is 11.8. The number of hydrogen-bond acceptors (Lipinski definition) is 1. The molecule has 0 fully saturated rings. The highest BCUT2D eigenvalue weighted by molar-refractivity contribution is 9.10. The molecule has 3 rings (SSSR count). The summed E-state index contributed by atoms with van der Waals surface area (Å²) in [4.78, 5) is 0. The first-order valence-corrected chi connectivity index (χ1v) is 6.23. The lowest BCUT2D eigenvalue weighted by atomic mass is 10.1. The van der Waals surface area contributed by atoms with Crippen molar-refractivity contribution in [3.63, 3.8) is 0 Å². The maximum atomic E-state index is 4.53. The van der Waals surface area contributed by atoms with Crippen molar-refractivity contribution in [3.05, 3.63) is 53.0 Å². The number of aryl methyl sites for hydroxylation is 1. The largest absolute Gasteiger partial charge is 0.267 e. The van der Waals surface area contributed by atoms with Crippen molar-refractivity contribution in [2.24, 2.45) is 7.05 Å². The SMILES string of the molecule is Cn1nc2ccccc2c1-c1ccccc1Br. The average Bonchev–Trinajstić information content (AvgIpc) is 2.66.